The quantitative estimate of drug-likeness (QED) is 0.243. The summed E-state index contributed by atoms with van der Waals surface area (Å²) in [4.78, 5) is 33.1. The molecule has 2 atom stereocenters. The van der Waals surface area contributed by atoms with Gasteiger partial charge in [-0.15, -0.1) is 17.5 Å². The first-order chi connectivity index (χ1) is 9.49. The molecular formula is C11H18N2O5S2. The molecule has 0 saturated carbocycles. The number of ether oxygens (including phenoxy) is 2. The molecular weight excluding hydrogens is 304 g/mol. The lowest BCUT2D eigenvalue weighted by Crippen LogP contribution is -2.39. The van der Waals surface area contributed by atoms with Crippen LogP contribution in [0.5, 0.6) is 0 Å². The lowest BCUT2D eigenvalue weighted by molar-refractivity contribution is -0.154. The highest BCUT2D eigenvalue weighted by molar-refractivity contribution is 8.10. The average molecular weight is 322 g/mol. The Morgan fingerprint density at radius 1 is 1.60 bits per heavy atom. The molecule has 1 aliphatic rings. The van der Waals surface area contributed by atoms with Gasteiger partial charge < -0.3 is 14.8 Å². The van der Waals surface area contributed by atoms with E-state index in [-0.39, 0.29) is 18.9 Å². The number of hydrogen-bond donors (Lipinski definition) is 2. The number of nitrogens with one attached hydrogen (secondary N) is 1. The predicted octanol–water partition coefficient (Wildman–Crippen LogP) is 1.62. The van der Waals surface area contributed by atoms with Gasteiger partial charge in [0.25, 0.3) is 0 Å². The van der Waals surface area contributed by atoms with Gasteiger partial charge in [-0.3, -0.25) is 9.59 Å². The normalized spacial score (nSPS) is 25.8. The summed E-state index contributed by atoms with van der Waals surface area (Å²) in [6, 6.07) is 0. The predicted molar refractivity (Wildman–Crippen MR) is 78.1 cm³/mol. The van der Waals surface area contributed by atoms with E-state index in [1.54, 1.807) is 0 Å². The monoisotopic (exact) mass is 322 g/mol. The number of hydrogen-bond acceptors (Lipinski definition) is 8. The third-order valence-electron chi connectivity index (χ3n) is 2.64. The molecule has 20 heavy (non-hydrogen) atoms. The average Bonchev–Trinajstić information content (AvgIpc) is 2.37. The van der Waals surface area contributed by atoms with Crippen molar-refractivity contribution in [2.45, 2.75) is 43.0 Å². The van der Waals surface area contributed by atoms with E-state index in [0.717, 1.165) is 6.42 Å². The van der Waals surface area contributed by atoms with Crippen LogP contribution in [0.1, 0.15) is 32.6 Å². The van der Waals surface area contributed by atoms with Gasteiger partial charge in [0.15, 0.2) is 4.27 Å². The van der Waals surface area contributed by atoms with Gasteiger partial charge in [-0.2, -0.15) is 0 Å². The highest BCUT2D eigenvalue weighted by atomic mass is 32.2. The number of nitroso groups, excluding NO2 is 1. The van der Waals surface area contributed by atoms with Gasteiger partial charge in [-0.25, -0.2) is 0 Å². The highest BCUT2D eigenvalue weighted by Crippen LogP contribution is 2.40. The Bertz CT molecular complexity index is 369. The summed E-state index contributed by atoms with van der Waals surface area (Å²) in [5.74, 6) is -0.693. The minimum absolute atomic E-state index is 0.158. The second kappa shape index (κ2) is 8.48. The van der Waals surface area contributed by atoms with Crippen LogP contribution in [0, 0.1) is 4.91 Å². The van der Waals surface area contributed by atoms with E-state index in [1.165, 1.54) is 0 Å². The van der Waals surface area contributed by atoms with Crippen LogP contribution in [0.3, 0.4) is 0 Å². The number of rotatable bonds is 7. The Labute approximate surface area is 127 Å². The van der Waals surface area contributed by atoms with Crippen molar-refractivity contribution < 1.29 is 19.1 Å². The number of carbonyl (C=O) groups excluding carboxylic acids is 2. The van der Waals surface area contributed by atoms with E-state index in [4.69, 9.17) is 9.47 Å². The molecule has 114 valence electrons. The molecule has 1 aliphatic heterocycles. The Balaban J connectivity index is 2.34. The van der Waals surface area contributed by atoms with Gasteiger partial charge >= 0.3 is 5.97 Å². The van der Waals surface area contributed by atoms with Crippen molar-refractivity contribution in [3.8, 4) is 0 Å². The standard InChI is InChI=1S/C11H18N2O5S2/c1-2-3-9(14)12-7-10(15)18-8-4-5-17-11(19,6-8)20-13-16/h8,19H,2-7H2,1H3,(H,12,14). The van der Waals surface area contributed by atoms with Crippen molar-refractivity contribution in [2.75, 3.05) is 13.2 Å². The SMILES string of the molecule is CCCC(=O)NCC(=O)OC1CCOC(S)(SN=O)C1. The van der Waals surface area contributed by atoms with Crippen molar-refractivity contribution in [3.63, 3.8) is 0 Å². The summed E-state index contributed by atoms with van der Waals surface area (Å²) in [5.41, 5.74) is 0. The van der Waals surface area contributed by atoms with Gasteiger partial charge in [0.05, 0.1) is 18.6 Å². The maximum absolute atomic E-state index is 11.6. The van der Waals surface area contributed by atoms with E-state index < -0.39 is 16.3 Å². The number of carbonyl (C=O) groups is 2. The molecule has 0 bridgehead atoms. The third-order valence-corrected chi connectivity index (χ3v) is 3.84. The van der Waals surface area contributed by atoms with E-state index in [0.29, 0.717) is 31.4 Å². The molecule has 1 fully saturated rings. The molecule has 7 nitrogen and oxygen atoms in total. The maximum Gasteiger partial charge on any atom is 0.325 e. The lowest BCUT2D eigenvalue weighted by atomic mass is 10.1. The summed E-state index contributed by atoms with van der Waals surface area (Å²) >= 11 is 4.87. The van der Waals surface area contributed by atoms with Crippen LogP contribution in [0.2, 0.25) is 0 Å². The van der Waals surface area contributed by atoms with E-state index in [9.17, 15) is 14.5 Å². The highest BCUT2D eigenvalue weighted by Gasteiger charge is 2.37. The Morgan fingerprint density at radius 2 is 2.35 bits per heavy atom. The van der Waals surface area contributed by atoms with Gasteiger partial charge in [-0.1, -0.05) is 6.92 Å². The van der Waals surface area contributed by atoms with Crippen molar-refractivity contribution >= 4 is 36.5 Å². The lowest BCUT2D eigenvalue weighted by Gasteiger charge is -2.33. The minimum Gasteiger partial charge on any atom is -0.461 e. The fourth-order valence-electron chi connectivity index (χ4n) is 1.73. The fraction of sp³-hybridized carbons (Fsp3) is 0.818. The molecule has 9 heteroatoms. The molecule has 2 unspecified atom stereocenters. The van der Waals surface area contributed by atoms with E-state index in [1.807, 2.05) is 6.92 Å². The molecule has 0 aromatic carbocycles. The van der Waals surface area contributed by atoms with Crippen molar-refractivity contribution in [1.29, 1.82) is 0 Å². The Morgan fingerprint density at radius 3 is 3.00 bits per heavy atom. The summed E-state index contributed by atoms with van der Waals surface area (Å²) < 4.78 is 12.2. The molecule has 1 heterocycles. The summed E-state index contributed by atoms with van der Waals surface area (Å²) in [6.45, 7) is 2.05. The Hall–Kier alpha value is -0.800. The van der Waals surface area contributed by atoms with Crippen molar-refractivity contribution in [3.05, 3.63) is 4.91 Å². The summed E-state index contributed by atoms with van der Waals surface area (Å²) in [5, 5.41) is 2.48. The molecule has 1 N–H and O–H groups in total. The van der Waals surface area contributed by atoms with Crippen LogP contribution in [-0.4, -0.2) is 35.4 Å². The molecule has 1 rings (SSSR count). The summed E-state index contributed by atoms with van der Waals surface area (Å²) in [7, 11) is 0. The number of esters is 1. The zero-order valence-corrected chi connectivity index (χ0v) is 12.9. The van der Waals surface area contributed by atoms with E-state index >= 15 is 0 Å². The van der Waals surface area contributed by atoms with Crippen molar-refractivity contribution in [1.82, 2.24) is 5.32 Å². The van der Waals surface area contributed by atoms with Gasteiger partial charge in [-0.05, 0) is 6.42 Å². The molecule has 0 aromatic rings. The van der Waals surface area contributed by atoms with Crippen LogP contribution in [0.4, 0.5) is 0 Å². The smallest absolute Gasteiger partial charge is 0.325 e. The zero-order chi connectivity index (χ0) is 15.0. The summed E-state index contributed by atoms with van der Waals surface area (Å²) in [6.07, 6.45) is 1.49. The van der Waals surface area contributed by atoms with Gasteiger partial charge in [0.2, 0.25) is 5.91 Å². The minimum atomic E-state index is -1.06. The second-order valence-corrected chi connectivity index (χ2v) is 6.37. The maximum atomic E-state index is 11.6. The fourth-order valence-corrected chi connectivity index (χ4v) is 2.64. The first-order valence-corrected chi connectivity index (χ1v) is 7.54. The molecule has 1 amide bonds. The molecule has 0 aromatic heterocycles. The van der Waals surface area contributed by atoms with Crippen LogP contribution >= 0.6 is 24.6 Å². The zero-order valence-electron chi connectivity index (χ0n) is 11.2. The Kier molecular flexibility index (Phi) is 7.31. The van der Waals surface area contributed by atoms with Crippen LogP contribution in [0.15, 0.2) is 4.58 Å². The number of amides is 1. The van der Waals surface area contributed by atoms with Crippen LogP contribution in [-0.2, 0) is 19.1 Å². The van der Waals surface area contributed by atoms with Crippen LogP contribution in [0.25, 0.3) is 0 Å². The molecule has 0 radical (unpaired) electrons. The third kappa shape index (κ3) is 6.10. The van der Waals surface area contributed by atoms with Crippen molar-refractivity contribution in [2.24, 2.45) is 4.58 Å². The molecule has 0 aliphatic carbocycles. The number of thiol groups is 1. The first-order valence-electron chi connectivity index (χ1n) is 6.32. The topological polar surface area (TPSA) is 94.1 Å². The van der Waals surface area contributed by atoms with Crippen LogP contribution < -0.4 is 5.32 Å². The molecule has 1 saturated heterocycles. The van der Waals surface area contributed by atoms with Gasteiger partial charge in [0, 0.05) is 23.8 Å². The first kappa shape index (κ1) is 17.3. The van der Waals surface area contributed by atoms with E-state index in [2.05, 4.69) is 22.5 Å². The number of nitrogens with zero attached hydrogens (tertiary/aromatic N) is 1. The largest absolute Gasteiger partial charge is 0.461 e. The van der Waals surface area contributed by atoms with Gasteiger partial charge in [0.1, 0.15) is 12.6 Å². The second-order valence-electron chi connectivity index (χ2n) is 4.36. The molecule has 0 spiro atoms.